The van der Waals surface area contributed by atoms with Gasteiger partial charge in [-0.2, -0.15) is 18.3 Å². The molecule has 0 unspecified atom stereocenters. The third-order valence-electron chi connectivity index (χ3n) is 6.73. The minimum atomic E-state index is -4.65. The summed E-state index contributed by atoms with van der Waals surface area (Å²) < 4.78 is 57.8. The van der Waals surface area contributed by atoms with E-state index in [0.717, 1.165) is 41.9 Å². The summed E-state index contributed by atoms with van der Waals surface area (Å²) >= 11 is 0. The fraction of sp³-hybridized carbons (Fsp3) is 0.355. The van der Waals surface area contributed by atoms with E-state index in [2.05, 4.69) is 15.4 Å². The van der Waals surface area contributed by atoms with E-state index >= 15 is 0 Å². The minimum absolute atomic E-state index is 0.106. The second-order valence-corrected chi connectivity index (χ2v) is 11.5. The van der Waals surface area contributed by atoms with Crippen LogP contribution in [0.3, 0.4) is 0 Å². The fourth-order valence-electron chi connectivity index (χ4n) is 4.17. The zero-order chi connectivity index (χ0) is 31.7. The number of nitrogens with one attached hydrogen (secondary N) is 1. The number of anilines is 1. The normalized spacial score (nSPS) is 12.2. The first kappa shape index (κ1) is 31.3. The number of hydrogen-bond donors (Lipinski definition) is 1. The molecule has 0 aliphatic rings. The molecule has 0 radical (unpaired) electrons. The molecule has 0 bridgehead atoms. The number of carbonyl (C=O) groups excluding carboxylic acids is 2. The Morgan fingerprint density at radius 1 is 0.884 bits per heavy atom. The lowest BCUT2D eigenvalue weighted by Gasteiger charge is -2.25. The van der Waals surface area contributed by atoms with Gasteiger partial charge in [0.25, 0.3) is 0 Å². The number of pyridine rings is 1. The Labute approximate surface area is 247 Å². The summed E-state index contributed by atoms with van der Waals surface area (Å²) in [6, 6.07) is 13.8. The Kier molecular flexibility index (Phi) is 8.44. The van der Waals surface area contributed by atoms with Crippen molar-refractivity contribution in [2.75, 3.05) is 19.5 Å². The van der Waals surface area contributed by atoms with Crippen molar-refractivity contribution in [2.45, 2.75) is 58.2 Å². The quantitative estimate of drug-likeness (QED) is 0.246. The number of hydrogen-bond acceptors (Lipinski definition) is 7. The van der Waals surface area contributed by atoms with Crippen LogP contribution in [0.15, 0.2) is 54.7 Å². The first-order valence-corrected chi connectivity index (χ1v) is 13.3. The van der Waals surface area contributed by atoms with Gasteiger partial charge in [-0.25, -0.2) is 4.79 Å². The topological polar surface area (TPSA) is 105 Å². The number of aromatic nitrogens is 3. The van der Waals surface area contributed by atoms with Crippen molar-refractivity contribution in [3.05, 3.63) is 66.0 Å². The molecule has 0 saturated carbocycles. The molecule has 2 aromatic carbocycles. The molecule has 9 nitrogen and oxygen atoms in total. The maximum atomic E-state index is 13.7. The van der Waals surface area contributed by atoms with Crippen LogP contribution < -0.4 is 14.8 Å². The average Bonchev–Trinajstić information content (AvgIpc) is 3.35. The van der Waals surface area contributed by atoms with Crippen molar-refractivity contribution < 1.29 is 37.0 Å². The van der Waals surface area contributed by atoms with Crippen molar-refractivity contribution in [2.24, 2.45) is 0 Å². The number of benzene rings is 2. The Bertz CT molecular complexity index is 1660. The maximum Gasteiger partial charge on any atom is 0.437 e. The highest BCUT2D eigenvalue weighted by Gasteiger charge is 2.50. The van der Waals surface area contributed by atoms with Crippen LogP contribution in [0.2, 0.25) is 0 Å². The van der Waals surface area contributed by atoms with Crippen LogP contribution in [-0.2, 0) is 21.4 Å². The third-order valence-corrected chi connectivity index (χ3v) is 6.73. The standard InChI is InChI=1S/C31H33F3N4O5/c1-29(2,3)43-28(40)38-26(16-25(37-38)30(4,5)31(32,33)34)36-27(39)12-18-8-10-19(11-9-18)21-13-20-14-23(41-6)24(42-7)15-22(20)35-17-21/h8-11,13-17H,12H2,1-7H3,(H,36,39). The van der Waals surface area contributed by atoms with Crippen LogP contribution in [0.1, 0.15) is 45.9 Å². The van der Waals surface area contributed by atoms with Gasteiger partial charge in [0.2, 0.25) is 5.91 Å². The van der Waals surface area contributed by atoms with Gasteiger partial charge in [0.15, 0.2) is 11.5 Å². The molecule has 0 aliphatic carbocycles. The molecule has 12 heteroatoms. The van der Waals surface area contributed by atoms with E-state index < -0.39 is 34.9 Å². The van der Waals surface area contributed by atoms with E-state index in [1.165, 1.54) is 0 Å². The number of nitrogens with zero attached hydrogens (tertiary/aromatic N) is 3. The number of methoxy groups -OCH3 is 2. The molecular formula is C31H33F3N4O5. The zero-order valence-electron chi connectivity index (χ0n) is 24.9. The maximum absolute atomic E-state index is 13.7. The summed E-state index contributed by atoms with van der Waals surface area (Å²) in [5.41, 5.74) is -0.684. The third kappa shape index (κ3) is 6.90. The first-order chi connectivity index (χ1) is 20.0. The highest BCUT2D eigenvalue weighted by molar-refractivity contribution is 5.93. The van der Waals surface area contributed by atoms with Crippen LogP contribution in [0.5, 0.6) is 11.5 Å². The van der Waals surface area contributed by atoms with Crippen LogP contribution >= 0.6 is 0 Å². The van der Waals surface area contributed by atoms with Crippen molar-refractivity contribution in [1.82, 2.24) is 14.8 Å². The highest BCUT2D eigenvalue weighted by atomic mass is 19.4. The van der Waals surface area contributed by atoms with E-state index in [9.17, 15) is 22.8 Å². The van der Waals surface area contributed by atoms with Crippen LogP contribution in [0.25, 0.3) is 22.0 Å². The van der Waals surface area contributed by atoms with Gasteiger partial charge in [-0.1, -0.05) is 24.3 Å². The van der Waals surface area contributed by atoms with Crippen molar-refractivity contribution >= 4 is 28.7 Å². The Morgan fingerprint density at radius 3 is 2.09 bits per heavy atom. The summed E-state index contributed by atoms with van der Waals surface area (Å²) in [5.74, 6) is 0.379. The van der Waals surface area contributed by atoms with Gasteiger partial charge >= 0.3 is 12.3 Å². The molecule has 228 valence electrons. The van der Waals surface area contributed by atoms with Crippen molar-refractivity contribution in [3.63, 3.8) is 0 Å². The van der Waals surface area contributed by atoms with Crippen LogP contribution in [0.4, 0.5) is 23.8 Å². The monoisotopic (exact) mass is 598 g/mol. The molecule has 0 aliphatic heterocycles. The lowest BCUT2D eigenvalue weighted by Crippen LogP contribution is -2.37. The predicted molar refractivity (Wildman–Crippen MR) is 156 cm³/mol. The highest BCUT2D eigenvalue weighted by Crippen LogP contribution is 2.40. The number of ether oxygens (including phenoxy) is 3. The molecule has 0 atom stereocenters. The molecular weight excluding hydrogens is 565 g/mol. The second-order valence-electron chi connectivity index (χ2n) is 11.5. The molecule has 1 N–H and O–H groups in total. The van der Waals surface area contributed by atoms with Gasteiger partial charge in [0.1, 0.15) is 16.8 Å². The molecule has 0 saturated heterocycles. The van der Waals surface area contributed by atoms with Crippen LogP contribution in [-0.4, -0.2) is 52.8 Å². The Balaban J connectivity index is 1.54. The van der Waals surface area contributed by atoms with Gasteiger partial charge in [-0.3, -0.25) is 9.78 Å². The summed E-state index contributed by atoms with van der Waals surface area (Å²) in [6.45, 7) is 6.72. The van der Waals surface area contributed by atoms with E-state index in [-0.39, 0.29) is 12.2 Å². The van der Waals surface area contributed by atoms with Crippen molar-refractivity contribution in [3.8, 4) is 22.6 Å². The Hall–Kier alpha value is -4.61. The SMILES string of the molecule is COc1cc2cc(-c3ccc(CC(=O)Nc4cc(C(C)(C)C(F)(F)F)nn4C(=O)OC(C)(C)C)cc3)cnc2cc1OC. The summed E-state index contributed by atoms with van der Waals surface area (Å²) in [7, 11) is 3.12. The van der Waals surface area contributed by atoms with Gasteiger partial charge in [-0.15, -0.1) is 4.68 Å². The number of rotatable bonds is 7. The predicted octanol–water partition coefficient (Wildman–Crippen LogP) is 6.92. The molecule has 4 aromatic rings. The number of fused-ring (bicyclic) bond motifs is 1. The average molecular weight is 599 g/mol. The smallest absolute Gasteiger partial charge is 0.437 e. The lowest BCUT2D eigenvalue weighted by atomic mass is 9.89. The molecule has 2 aromatic heterocycles. The number of amides is 1. The summed E-state index contributed by atoms with van der Waals surface area (Å²) in [4.78, 5) is 30.2. The second kappa shape index (κ2) is 11.6. The van der Waals surface area contributed by atoms with E-state index in [1.807, 2.05) is 24.3 Å². The summed E-state index contributed by atoms with van der Waals surface area (Å²) in [5, 5.41) is 7.24. The molecule has 4 rings (SSSR count). The zero-order valence-corrected chi connectivity index (χ0v) is 24.9. The van der Waals surface area contributed by atoms with Gasteiger partial charge in [-0.05, 0) is 57.9 Å². The molecule has 2 heterocycles. The number of carbonyl (C=O) groups is 2. The largest absolute Gasteiger partial charge is 0.493 e. The first-order valence-electron chi connectivity index (χ1n) is 13.3. The van der Waals surface area contributed by atoms with E-state index in [1.54, 1.807) is 59.4 Å². The van der Waals surface area contributed by atoms with E-state index in [0.29, 0.717) is 21.7 Å². The summed E-state index contributed by atoms with van der Waals surface area (Å²) in [6.07, 6.45) is -4.04. The van der Waals surface area contributed by atoms with Crippen LogP contribution in [0, 0.1) is 0 Å². The number of alkyl halides is 3. The Morgan fingerprint density at radius 2 is 1.51 bits per heavy atom. The van der Waals surface area contributed by atoms with Gasteiger partial charge < -0.3 is 19.5 Å². The lowest BCUT2D eigenvalue weighted by molar-refractivity contribution is -0.181. The number of halogens is 3. The van der Waals surface area contributed by atoms with Gasteiger partial charge in [0, 0.05) is 29.3 Å². The molecule has 43 heavy (non-hydrogen) atoms. The fourth-order valence-corrected chi connectivity index (χ4v) is 4.17. The van der Waals surface area contributed by atoms with Gasteiger partial charge in [0.05, 0.1) is 31.9 Å². The molecule has 0 spiro atoms. The van der Waals surface area contributed by atoms with E-state index in [4.69, 9.17) is 14.2 Å². The minimum Gasteiger partial charge on any atom is -0.493 e. The molecule has 0 fully saturated rings. The molecule has 1 amide bonds. The van der Waals surface area contributed by atoms with Crippen molar-refractivity contribution in [1.29, 1.82) is 0 Å².